The number of nitrogens with one attached hydrogen (secondary N) is 1. The van der Waals surface area contributed by atoms with Crippen LogP contribution in [-0.2, 0) is 9.53 Å². The summed E-state index contributed by atoms with van der Waals surface area (Å²) in [4.78, 5) is 16.9. The van der Waals surface area contributed by atoms with Crippen LogP contribution in [0.3, 0.4) is 0 Å². The van der Waals surface area contributed by atoms with Crippen LogP contribution in [-0.4, -0.2) is 48.7 Å². The Hall–Kier alpha value is -3.23. The molecule has 27 heavy (non-hydrogen) atoms. The average Bonchev–Trinajstić information content (AvgIpc) is 3.13. The fourth-order valence-electron chi connectivity index (χ4n) is 3.12. The van der Waals surface area contributed by atoms with Crippen molar-refractivity contribution >= 4 is 11.9 Å². The third-order valence-corrected chi connectivity index (χ3v) is 4.32. The van der Waals surface area contributed by atoms with Crippen molar-refractivity contribution < 1.29 is 23.7 Å². The molecule has 2 aromatic rings. The van der Waals surface area contributed by atoms with Crippen LogP contribution in [0.1, 0.15) is 25.5 Å². The number of fused-ring (bicyclic) bond motifs is 1. The van der Waals surface area contributed by atoms with E-state index in [1.54, 1.807) is 52.0 Å². The maximum atomic E-state index is 12.7. The molecule has 1 atom stereocenters. The number of hydrogen-bond acceptors (Lipinski definition) is 8. The molecule has 0 saturated carbocycles. The van der Waals surface area contributed by atoms with Gasteiger partial charge in [-0.15, -0.1) is 0 Å². The lowest BCUT2D eigenvalue weighted by molar-refractivity contribution is -0.139. The molecule has 3 rings (SSSR count). The van der Waals surface area contributed by atoms with Crippen LogP contribution in [0.5, 0.6) is 17.2 Å². The number of anilines is 1. The minimum absolute atomic E-state index is 0.260. The highest BCUT2D eigenvalue weighted by molar-refractivity contribution is 5.92. The smallest absolute Gasteiger partial charge is 0.338 e. The fraction of sp³-hybridized carbons (Fsp3) is 0.389. The van der Waals surface area contributed by atoms with Crippen LogP contribution in [0.25, 0.3) is 0 Å². The van der Waals surface area contributed by atoms with Crippen LogP contribution in [0, 0.1) is 0 Å². The molecule has 1 aromatic heterocycles. The second-order valence-corrected chi connectivity index (χ2v) is 5.76. The van der Waals surface area contributed by atoms with E-state index in [0.29, 0.717) is 40.0 Å². The van der Waals surface area contributed by atoms with Gasteiger partial charge in [0.05, 0.1) is 33.5 Å². The zero-order chi connectivity index (χ0) is 19.6. The monoisotopic (exact) mass is 374 g/mol. The predicted molar refractivity (Wildman–Crippen MR) is 97.2 cm³/mol. The van der Waals surface area contributed by atoms with Gasteiger partial charge in [0.2, 0.25) is 5.95 Å². The molecule has 2 heterocycles. The Labute approximate surface area is 156 Å². The summed E-state index contributed by atoms with van der Waals surface area (Å²) in [6.45, 7) is 3.82. The van der Waals surface area contributed by atoms with Gasteiger partial charge in [0, 0.05) is 17.3 Å². The average molecular weight is 374 g/mol. The molecule has 0 amide bonds. The highest BCUT2D eigenvalue weighted by Crippen LogP contribution is 2.43. The number of rotatable bonds is 6. The van der Waals surface area contributed by atoms with Crippen molar-refractivity contribution in [2.75, 3.05) is 33.3 Å². The van der Waals surface area contributed by atoms with Crippen LogP contribution in [0.15, 0.2) is 29.7 Å². The number of esters is 1. The molecule has 1 aliphatic rings. The van der Waals surface area contributed by atoms with E-state index in [1.807, 2.05) is 0 Å². The first-order chi connectivity index (χ1) is 13.0. The quantitative estimate of drug-likeness (QED) is 0.769. The van der Waals surface area contributed by atoms with Gasteiger partial charge in [0.15, 0.2) is 11.5 Å². The standard InChI is InChI=1S/C18H22N4O5/c1-6-27-17(23)15-10(2)21-18-19-9-20-22(18)16(15)11-7-13(25-4)14(26-5)8-12(11)24-3/h7-9,16H,6H2,1-5H3,(H,19,20,21). The number of allylic oxidation sites excluding steroid dienone is 1. The lowest BCUT2D eigenvalue weighted by Gasteiger charge is -2.29. The van der Waals surface area contributed by atoms with E-state index in [-0.39, 0.29) is 6.61 Å². The second-order valence-electron chi connectivity index (χ2n) is 5.76. The van der Waals surface area contributed by atoms with Gasteiger partial charge in [0.25, 0.3) is 0 Å². The van der Waals surface area contributed by atoms with Crippen LogP contribution < -0.4 is 19.5 Å². The molecule has 0 spiro atoms. The van der Waals surface area contributed by atoms with E-state index in [9.17, 15) is 4.79 Å². The molecule has 1 aromatic carbocycles. The van der Waals surface area contributed by atoms with E-state index >= 15 is 0 Å². The molecule has 0 aliphatic carbocycles. The lowest BCUT2D eigenvalue weighted by Crippen LogP contribution is -2.30. The molecule has 0 saturated heterocycles. The molecule has 0 radical (unpaired) electrons. The first-order valence-corrected chi connectivity index (χ1v) is 8.40. The van der Waals surface area contributed by atoms with Crippen molar-refractivity contribution in [3.8, 4) is 17.2 Å². The van der Waals surface area contributed by atoms with Crippen LogP contribution >= 0.6 is 0 Å². The van der Waals surface area contributed by atoms with Gasteiger partial charge in [-0.25, -0.2) is 9.48 Å². The molecular weight excluding hydrogens is 352 g/mol. The molecule has 1 unspecified atom stereocenters. The summed E-state index contributed by atoms with van der Waals surface area (Å²) >= 11 is 0. The summed E-state index contributed by atoms with van der Waals surface area (Å²) in [5.74, 6) is 1.63. The van der Waals surface area contributed by atoms with E-state index in [4.69, 9.17) is 18.9 Å². The van der Waals surface area contributed by atoms with Crippen molar-refractivity contribution in [1.82, 2.24) is 14.8 Å². The van der Waals surface area contributed by atoms with Crippen molar-refractivity contribution in [2.24, 2.45) is 0 Å². The highest BCUT2D eigenvalue weighted by atomic mass is 16.5. The van der Waals surface area contributed by atoms with E-state index < -0.39 is 12.0 Å². The minimum atomic E-state index is -0.599. The number of carbonyl (C=O) groups excluding carboxylic acids is 1. The second kappa shape index (κ2) is 7.56. The summed E-state index contributed by atoms with van der Waals surface area (Å²) in [5.41, 5.74) is 1.72. The fourth-order valence-corrected chi connectivity index (χ4v) is 3.12. The van der Waals surface area contributed by atoms with Crippen molar-refractivity contribution in [3.05, 3.63) is 35.3 Å². The Bertz CT molecular complexity index is 890. The van der Waals surface area contributed by atoms with E-state index in [1.165, 1.54) is 6.33 Å². The van der Waals surface area contributed by atoms with Gasteiger partial charge in [-0.3, -0.25) is 0 Å². The zero-order valence-corrected chi connectivity index (χ0v) is 15.9. The third-order valence-electron chi connectivity index (χ3n) is 4.32. The topological polar surface area (TPSA) is 96.7 Å². The first kappa shape index (κ1) is 18.6. The number of nitrogens with zero attached hydrogens (tertiary/aromatic N) is 3. The van der Waals surface area contributed by atoms with Crippen molar-refractivity contribution in [3.63, 3.8) is 0 Å². The molecular formula is C18H22N4O5. The number of aromatic nitrogens is 3. The maximum Gasteiger partial charge on any atom is 0.338 e. The Morgan fingerprint density at radius 2 is 1.81 bits per heavy atom. The molecule has 0 bridgehead atoms. The Morgan fingerprint density at radius 1 is 1.15 bits per heavy atom. The molecule has 1 N–H and O–H groups in total. The van der Waals surface area contributed by atoms with Crippen LogP contribution in [0.2, 0.25) is 0 Å². The van der Waals surface area contributed by atoms with Gasteiger partial charge >= 0.3 is 5.97 Å². The van der Waals surface area contributed by atoms with E-state index in [0.717, 1.165) is 0 Å². The predicted octanol–water partition coefficient (Wildman–Crippen LogP) is 2.16. The summed E-state index contributed by atoms with van der Waals surface area (Å²) in [6, 6.07) is 2.88. The zero-order valence-electron chi connectivity index (χ0n) is 15.9. The molecule has 1 aliphatic heterocycles. The number of ether oxygens (including phenoxy) is 4. The summed E-state index contributed by atoms with van der Waals surface area (Å²) in [5, 5.41) is 7.38. The largest absolute Gasteiger partial charge is 0.496 e. The van der Waals surface area contributed by atoms with Crippen molar-refractivity contribution in [2.45, 2.75) is 19.9 Å². The van der Waals surface area contributed by atoms with Gasteiger partial charge in [-0.2, -0.15) is 10.1 Å². The Morgan fingerprint density at radius 3 is 2.44 bits per heavy atom. The maximum absolute atomic E-state index is 12.7. The SMILES string of the molecule is CCOC(=O)C1=C(C)Nc2ncnn2C1c1cc(OC)c(OC)cc1OC. The summed E-state index contributed by atoms with van der Waals surface area (Å²) < 4.78 is 23.2. The van der Waals surface area contributed by atoms with E-state index in [2.05, 4.69) is 15.4 Å². The number of benzene rings is 1. The molecule has 0 fully saturated rings. The number of hydrogen-bond donors (Lipinski definition) is 1. The van der Waals surface area contributed by atoms with Crippen LogP contribution in [0.4, 0.5) is 5.95 Å². The molecule has 9 nitrogen and oxygen atoms in total. The number of methoxy groups -OCH3 is 3. The van der Waals surface area contributed by atoms with Gasteiger partial charge in [0.1, 0.15) is 18.1 Å². The Balaban J connectivity index is 2.25. The summed E-state index contributed by atoms with van der Waals surface area (Å²) in [7, 11) is 4.64. The van der Waals surface area contributed by atoms with Gasteiger partial charge in [-0.05, 0) is 19.9 Å². The lowest BCUT2D eigenvalue weighted by atomic mass is 9.94. The number of carbonyl (C=O) groups is 1. The highest BCUT2D eigenvalue weighted by Gasteiger charge is 2.36. The molecule has 144 valence electrons. The summed E-state index contributed by atoms with van der Waals surface area (Å²) in [6.07, 6.45) is 1.42. The third kappa shape index (κ3) is 3.16. The minimum Gasteiger partial charge on any atom is -0.496 e. The first-order valence-electron chi connectivity index (χ1n) is 8.40. The normalized spacial score (nSPS) is 15.7. The Kier molecular flexibility index (Phi) is 5.20. The molecule has 9 heteroatoms. The van der Waals surface area contributed by atoms with Crippen molar-refractivity contribution in [1.29, 1.82) is 0 Å². The van der Waals surface area contributed by atoms with Gasteiger partial charge < -0.3 is 24.3 Å². The van der Waals surface area contributed by atoms with Gasteiger partial charge in [-0.1, -0.05) is 0 Å².